The number of halogens is 1. The van der Waals surface area contributed by atoms with Crippen molar-refractivity contribution >= 4 is 36.0 Å². The van der Waals surface area contributed by atoms with Crippen LogP contribution in [-0.2, 0) is 10.5 Å². The van der Waals surface area contributed by atoms with E-state index < -0.39 is 0 Å². The SMILES string of the molecule is CSCc1ccc(C(=O)N2CC[C@@H]3[C@@H](CCC(=O)N3CCN)C2)o1.Cl. The molecule has 0 aromatic carbocycles. The fraction of sp³-hybridized carbons (Fsp3) is 0.647. The minimum atomic E-state index is -0.0388. The number of rotatable bonds is 5. The second kappa shape index (κ2) is 8.96. The third-order valence-electron chi connectivity index (χ3n) is 4.96. The van der Waals surface area contributed by atoms with Crippen LogP contribution in [0.1, 0.15) is 35.6 Å². The van der Waals surface area contributed by atoms with E-state index in [1.807, 2.05) is 22.1 Å². The molecule has 2 atom stereocenters. The molecule has 2 amide bonds. The van der Waals surface area contributed by atoms with Crippen molar-refractivity contribution in [3.05, 3.63) is 23.7 Å². The van der Waals surface area contributed by atoms with Crippen LogP contribution in [0.4, 0.5) is 0 Å². The number of hydrogen-bond donors (Lipinski definition) is 1. The van der Waals surface area contributed by atoms with Gasteiger partial charge in [-0.15, -0.1) is 12.4 Å². The molecule has 0 spiro atoms. The van der Waals surface area contributed by atoms with Crippen LogP contribution in [0.15, 0.2) is 16.5 Å². The lowest BCUT2D eigenvalue weighted by Gasteiger charge is -2.46. The predicted octanol–water partition coefficient (Wildman–Crippen LogP) is 1.98. The molecular weight excluding hydrogens is 362 g/mol. The molecule has 1 aromatic heterocycles. The van der Waals surface area contributed by atoms with E-state index >= 15 is 0 Å². The van der Waals surface area contributed by atoms with Gasteiger partial charge in [0.15, 0.2) is 5.76 Å². The van der Waals surface area contributed by atoms with Gasteiger partial charge in [-0.1, -0.05) is 0 Å². The van der Waals surface area contributed by atoms with Crippen molar-refractivity contribution < 1.29 is 14.0 Å². The van der Waals surface area contributed by atoms with E-state index in [1.165, 1.54) is 0 Å². The zero-order chi connectivity index (χ0) is 17.1. The number of nitrogens with two attached hydrogens (primary N) is 1. The quantitative estimate of drug-likeness (QED) is 0.835. The number of nitrogens with zero attached hydrogens (tertiary/aromatic N) is 2. The molecule has 25 heavy (non-hydrogen) atoms. The third kappa shape index (κ3) is 4.33. The Hall–Kier alpha value is -1.18. The van der Waals surface area contributed by atoms with Crippen molar-refractivity contribution in [1.29, 1.82) is 0 Å². The zero-order valence-corrected chi connectivity index (χ0v) is 16.1. The maximum atomic E-state index is 12.7. The van der Waals surface area contributed by atoms with E-state index in [0.717, 1.165) is 24.4 Å². The standard InChI is InChI=1S/C17H25N3O3S.ClH/c1-24-11-13-3-4-15(23-13)17(22)19-8-6-14-12(10-19)2-5-16(21)20(14)9-7-18;/h3-4,12,14H,2,5-11,18H2,1H3;1H/t12-,14+;/m0./s1. The summed E-state index contributed by atoms with van der Waals surface area (Å²) >= 11 is 1.67. The Morgan fingerprint density at radius 2 is 2.20 bits per heavy atom. The molecule has 8 heteroatoms. The van der Waals surface area contributed by atoms with Crippen molar-refractivity contribution in [2.75, 3.05) is 32.4 Å². The number of furan rings is 1. The van der Waals surface area contributed by atoms with Gasteiger partial charge in [0.1, 0.15) is 5.76 Å². The summed E-state index contributed by atoms with van der Waals surface area (Å²) in [6.07, 6.45) is 4.23. The van der Waals surface area contributed by atoms with Crippen LogP contribution in [0.3, 0.4) is 0 Å². The number of thioether (sulfide) groups is 1. The monoisotopic (exact) mass is 387 g/mol. The molecule has 2 aliphatic rings. The molecule has 6 nitrogen and oxygen atoms in total. The molecule has 0 aliphatic carbocycles. The van der Waals surface area contributed by atoms with E-state index in [0.29, 0.717) is 44.3 Å². The number of likely N-dealkylation sites (tertiary alicyclic amines) is 2. The molecule has 3 heterocycles. The number of fused-ring (bicyclic) bond motifs is 1. The first kappa shape index (κ1) is 20.1. The van der Waals surface area contributed by atoms with Gasteiger partial charge in [-0.25, -0.2) is 0 Å². The van der Waals surface area contributed by atoms with Crippen LogP contribution in [0.2, 0.25) is 0 Å². The van der Waals surface area contributed by atoms with Gasteiger partial charge in [0.25, 0.3) is 5.91 Å². The lowest BCUT2D eigenvalue weighted by atomic mass is 9.83. The summed E-state index contributed by atoms with van der Waals surface area (Å²) in [6.45, 7) is 2.45. The van der Waals surface area contributed by atoms with Crippen molar-refractivity contribution in [2.45, 2.75) is 31.1 Å². The summed E-state index contributed by atoms with van der Waals surface area (Å²) in [5.41, 5.74) is 5.65. The topological polar surface area (TPSA) is 79.8 Å². The van der Waals surface area contributed by atoms with Gasteiger partial charge in [-0.2, -0.15) is 11.8 Å². The van der Waals surface area contributed by atoms with Gasteiger partial charge in [0, 0.05) is 38.6 Å². The average Bonchev–Trinajstić information content (AvgIpc) is 3.05. The molecule has 1 aromatic rings. The van der Waals surface area contributed by atoms with Crippen LogP contribution in [0.5, 0.6) is 0 Å². The molecular formula is C17H26ClN3O3S. The highest BCUT2D eigenvalue weighted by Crippen LogP contribution is 2.31. The van der Waals surface area contributed by atoms with E-state index in [2.05, 4.69) is 0 Å². The normalized spacial score (nSPS) is 23.2. The molecule has 0 unspecified atom stereocenters. The van der Waals surface area contributed by atoms with Crippen LogP contribution in [-0.4, -0.2) is 60.1 Å². The Morgan fingerprint density at radius 1 is 1.40 bits per heavy atom. The zero-order valence-electron chi connectivity index (χ0n) is 14.5. The number of piperidine rings is 2. The molecule has 140 valence electrons. The fourth-order valence-electron chi connectivity index (χ4n) is 3.83. The minimum absolute atomic E-state index is 0. The van der Waals surface area contributed by atoms with E-state index in [-0.39, 0.29) is 30.3 Å². The van der Waals surface area contributed by atoms with Crippen molar-refractivity contribution in [3.8, 4) is 0 Å². The van der Waals surface area contributed by atoms with Crippen LogP contribution in [0.25, 0.3) is 0 Å². The molecule has 0 saturated carbocycles. The van der Waals surface area contributed by atoms with E-state index in [1.54, 1.807) is 17.8 Å². The smallest absolute Gasteiger partial charge is 0.289 e. The Balaban J connectivity index is 0.00000225. The molecule has 2 saturated heterocycles. The summed E-state index contributed by atoms with van der Waals surface area (Å²) in [5.74, 6) is 2.53. The summed E-state index contributed by atoms with van der Waals surface area (Å²) in [4.78, 5) is 28.6. The summed E-state index contributed by atoms with van der Waals surface area (Å²) in [7, 11) is 0. The number of hydrogen-bond acceptors (Lipinski definition) is 5. The van der Waals surface area contributed by atoms with Crippen molar-refractivity contribution in [2.24, 2.45) is 11.7 Å². The largest absolute Gasteiger partial charge is 0.455 e. The second-order valence-electron chi connectivity index (χ2n) is 6.48. The Bertz CT molecular complexity index is 610. The van der Waals surface area contributed by atoms with Gasteiger partial charge in [0.2, 0.25) is 5.91 Å². The summed E-state index contributed by atoms with van der Waals surface area (Å²) in [5, 5.41) is 0. The molecule has 2 aliphatic heterocycles. The number of carbonyl (C=O) groups is 2. The fourth-order valence-corrected chi connectivity index (χ4v) is 4.27. The second-order valence-corrected chi connectivity index (χ2v) is 7.35. The first-order valence-corrected chi connectivity index (χ1v) is 9.90. The first-order valence-electron chi connectivity index (χ1n) is 8.50. The molecule has 3 rings (SSSR count). The van der Waals surface area contributed by atoms with E-state index in [9.17, 15) is 9.59 Å². The highest BCUT2D eigenvalue weighted by atomic mass is 35.5. The first-order chi connectivity index (χ1) is 11.6. The van der Waals surface area contributed by atoms with Gasteiger partial charge in [-0.05, 0) is 37.1 Å². The Kier molecular flexibility index (Phi) is 7.22. The van der Waals surface area contributed by atoms with Crippen LogP contribution in [0, 0.1) is 5.92 Å². The highest BCUT2D eigenvalue weighted by molar-refractivity contribution is 7.97. The van der Waals surface area contributed by atoms with Crippen molar-refractivity contribution in [1.82, 2.24) is 9.80 Å². The predicted molar refractivity (Wildman–Crippen MR) is 101 cm³/mol. The van der Waals surface area contributed by atoms with Gasteiger partial charge in [0.05, 0.1) is 5.75 Å². The minimum Gasteiger partial charge on any atom is -0.455 e. The highest BCUT2D eigenvalue weighted by Gasteiger charge is 2.40. The third-order valence-corrected chi connectivity index (χ3v) is 5.53. The molecule has 2 fully saturated rings. The number of carbonyl (C=O) groups excluding carboxylic acids is 2. The average molecular weight is 388 g/mol. The van der Waals surface area contributed by atoms with Gasteiger partial charge < -0.3 is 20.0 Å². The van der Waals surface area contributed by atoms with E-state index in [4.69, 9.17) is 10.2 Å². The van der Waals surface area contributed by atoms with Gasteiger partial charge in [-0.3, -0.25) is 9.59 Å². The Labute approximate surface area is 158 Å². The Morgan fingerprint density at radius 3 is 2.92 bits per heavy atom. The number of amides is 2. The lowest BCUT2D eigenvalue weighted by Crippen LogP contribution is -2.57. The van der Waals surface area contributed by atoms with Gasteiger partial charge >= 0.3 is 0 Å². The molecule has 2 N–H and O–H groups in total. The molecule has 0 bridgehead atoms. The summed E-state index contributed by atoms with van der Waals surface area (Å²) < 4.78 is 5.66. The lowest BCUT2D eigenvalue weighted by molar-refractivity contribution is -0.140. The van der Waals surface area contributed by atoms with Crippen LogP contribution >= 0.6 is 24.2 Å². The maximum absolute atomic E-state index is 12.7. The summed E-state index contributed by atoms with van der Waals surface area (Å²) in [6, 6.07) is 3.87. The molecule has 0 radical (unpaired) electrons. The maximum Gasteiger partial charge on any atom is 0.289 e. The van der Waals surface area contributed by atoms with Crippen molar-refractivity contribution in [3.63, 3.8) is 0 Å². The van der Waals surface area contributed by atoms with Crippen LogP contribution < -0.4 is 5.73 Å².